The van der Waals surface area contributed by atoms with Crippen LogP contribution in [0.1, 0.15) is 23.2 Å². The number of piperazine rings is 1. The van der Waals surface area contributed by atoms with E-state index in [9.17, 15) is 9.18 Å². The van der Waals surface area contributed by atoms with Gasteiger partial charge in [-0.2, -0.15) is 0 Å². The van der Waals surface area contributed by atoms with Gasteiger partial charge in [0.05, 0.1) is 11.8 Å². The highest BCUT2D eigenvalue weighted by Gasteiger charge is 2.32. The van der Waals surface area contributed by atoms with E-state index in [0.29, 0.717) is 13.1 Å². The van der Waals surface area contributed by atoms with E-state index in [4.69, 9.17) is 5.73 Å². The number of carbonyl (C=O) groups excluding carboxylic acids is 1. The molecule has 0 atom stereocenters. The van der Waals surface area contributed by atoms with E-state index in [0.717, 1.165) is 31.4 Å². The lowest BCUT2D eigenvalue weighted by Crippen LogP contribution is -2.49. The second kappa shape index (κ2) is 4.77. The monoisotopic (exact) mass is 264 g/mol. The summed E-state index contributed by atoms with van der Waals surface area (Å²) in [5.74, 6) is -0.662. The Hall–Kier alpha value is -1.69. The standard InChI is InChI=1S/C13H17FN4O/c14-9-7-11(12(15)16-8-9)13(19)18-5-3-17(4-6-18)10-1-2-10/h7-8,10H,1-6H2,(H2,15,16). The van der Waals surface area contributed by atoms with Crippen LogP contribution in [-0.4, -0.2) is 52.9 Å². The van der Waals surface area contributed by atoms with Gasteiger partial charge in [-0.1, -0.05) is 0 Å². The van der Waals surface area contributed by atoms with Crippen molar-refractivity contribution < 1.29 is 9.18 Å². The van der Waals surface area contributed by atoms with E-state index >= 15 is 0 Å². The maximum atomic E-state index is 13.2. The SMILES string of the molecule is Nc1ncc(F)cc1C(=O)N1CCN(C2CC2)CC1. The lowest BCUT2D eigenvalue weighted by Gasteiger charge is -2.34. The smallest absolute Gasteiger partial charge is 0.257 e. The topological polar surface area (TPSA) is 62.5 Å². The number of pyridine rings is 1. The third-order valence-corrected chi connectivity index (χ3v) is 3.78. The van der Waals surface area contributed by atoms with Crippen LogP contribution in [0.3, 0.4) is 0 Å². The van der Waals surface area contributed by atoms with Crippen molar-refractivity contribution in [2.75, 3.05) is 31.9 Å². The maximum absolute atomic E-state index is 13.2. The minimum atomic E-state index is -0.533. The summed E-state index contributed by atoms with van der Waals surface area (Å²) in [4.78, 5) is 20.1. The molecule has 2 N–H and O–H groups in total. The normalized spacial score (nSPS) is 20.6. The number of halogens is 1. The molecule has 1 saturated heterocycles. The summed E-state index contributed by atoms with van der Waals surface area (Å²) >= 11 is 0. The highest BCUT2D eigenvalue weighted by atomic mass is 19.1. The van der Waals surface area contributed by atoms with Crippen molar-refractivity contribution in [2.45, 2.75) is 18.9 Å². The highest BCUT2D eigenvalue weighted by Crippen LogP contribution is 2.27. The third-order valence-electron chi connectivity index (χ3n) is 3.78. The Morgan fingerprint density at radius 3 is 2.63 bits per heavy atom. The number of carbonyl (C=O) groups is 1. The van der Waals surface area contributed by atoms with Gasteiger partial charge in [0.25, 0.3) is 5.91 Å². The first-order valence-electron chi connectivity index (χ1n) is 6.59. The first kappa shape index (κ1) is 12.3. The van der Waals surface area contributed by atoms with Crippen LogP contribution in [-0.2, 0) is 0 Å². The second-order valence-electron chi connectivity index (χ2n) is 5.15. The van der Waals surface area contributed by atoms with Crippen molar-refractivity contribution in [2.24, 2.45) is 0 Å². The Bertz CT molecular complexity index is 495. The molecule has 6 heteroatoms. The number of aromatic nitrogens is 1. The van der Waals surface area contributed by atoms with Gasteiger partial charge in [0.15, 0.2) is 0 Å². The van der Waals surface area contributed by atoms with E-state index < -0.39 is 5.82 Å². The number of hydrogen-bond acceptors (Lipinski definition) is 4. The Kier molecular flexibility index (Phi) is 3.10. The molecule has 1 aromatic heterocycles. The minimum absolute atomic E-state index is 0.0935. The molecule has 102 valence electrons. The molecule has 1 aromatic rings. The van der Waals surface area contributed by atoms with Crippen LogP contribution in [0.5, 0.6) is 0 Å². The molecule has 5 nitrogen and oxygen atoms in total. The fourth-order valence-electron chi connectivity index (χ4n) is 2.52. The lowest BCUT2D eigenvalue weighted by atomic mass is 10.2. The van der Waals surface area contributed by atoms with E-state index in [1.807, 2.05) is 0 Å². The molecule has 2 heterocycles. The molecule has 1 amide bonds. The van der Waals surface area contributed by atoms with Gasteiger partial charge in [-0.05, 0) is 18.9 Å². The van der Waals surface area contributed by atoms with Crippen LogP contribution in [0.25, 0.3) is 0 Å². The highest BCUT2D eigenvalue weighted by molar-refractivity contribution is 5.98. The number of hydrogen-bond donors (Lipinski definition) is 1. The van der Waals surface area contributed by atoms with Crippen LogP contribution in [0.2, 0.25) is 0 Å². The molecule has 0 spiro atoms. The van der Waals surface area contributed by atoms with Crippen molar-refractivity contribution in [3.05, 3.63) is 23.6 Å². The summed E-state index contributed by atoms with van der Waals surface area (Å²) in [5.41, 5.74) is 5.81. The number of nitrogens with two attached hydrogens (primary N) is 1. The number of nitrogens with zero attached hydrogens (tertiary/aromatic N) is 3. The molecular weight excluding hydrogens is 247 g/mol. The molecule has 1 saturated carbocycles. The van der Waals surface area contributed by atoms with Crippen LogP contribution >= 0.6 is 0 Å². The van der Waals surface area contributed by atoms with Crippen molar-refractivity contribution in [3.8, 4) is 0 Å². The first-order valence-corrected chi connectivity index (χ1v) is 6.59. The molecule has 0 radical (unpaired) electrons. The van der Waals surface area contributed by atoms with E-state index in [-0.39, 0.29) is 17.3 Å². The average Bonchev–Trinajstić information content (AvgIpc) is 3.25. The Morgan fingerprint density at radius 2 is 2.00 bits per heavy atom. The zero-order valence-electron chi connectivity index (χ0n) is 10.7. The fourth-order valence-corrected chi connectivity index (χ4v) is 2.52. The van der Waals surface area contributed by atoms with Gasteiger partial charge < -0.3 is 10.6 Å². The zero-order valence-corrected chi connectivity index (χ0v) is 10.7. The Morgan fingerprint density at radius 1 is 1.32 bits per heavy atom. The van der Waals surface area contributed by atoms with Crippen molar-refractivity contribution >= 4 is 11.7 Å². The fraction of sp³-hybridized carbons (Fsp3) is 0.538. The van der Waals surface area contributed by atoms with Gasteiger partial charge in [0, 0.05) is 32.2 Å². The molecule has 1 aliphatic heterocycles. The third kappa shape index (κ3) is 2.53. The summed E-state index contributed by atoms with van der Waals surface area (Å²) in [7, 11) is 0. The van der Waals surface area contributed by atoms with Crippen LogP contribution in [0.15, 0.2) is 12.3 Å². The quantitative estimate of drug-likeness (QED) is 0.855. The van der Waals surface area contributed by atoms with Gasteiger partial charge in [-0.15, -0.1) is 0 Å². The number of anilines is 1. The number of amides is 1. The Balaban J connectivity index is 1.68. The summed E-state index contributed by atoms with van der Waals surface area (Å²) in [6, 6.07) is 1.89. The average molecular weight is 264 g/mol. The Labute approximate surface area is 111 Å². The van der Waals surface area contributed by atoms with Gasteiger partial charge in [0.1, 0.15) is 11.6 Å². The predicted octanol–water partition coefficient (Wildman–Crippen LogP) is 0.723. The van der Waals surface area contributed by atoms with Gasteiger partial charge >= 0.3 is 0 Å². The van der Waals surface area contributed by atoms with Crippen molar-refractivity contribution in [1.29, 1.82) is 0 Å². The van der Waals surface area contributed by atoms with Crippen molar-refractivity contribution in [1.82, 2.24) is 14.8 Å². The summed E-state index contributed by atoms with van der Waals surface area (Å²) in [6.07, 6.45) is 3.57. The summed E-state index contributed by atoms with van der Waals surface area (Å²) < 4.78 is 13.2. The molecule has 0 bridgehead atoms. The molecule has 0 unspecified atom stereocenters. The lowest BCUT2D eigenvalue weighted by molar-refractivity contribution is 0.0627. The maximum Gasteiger partial charge on any atom is 0.257 e. The van der Waals surface area contributed by atoms with Crippen LogP contribution < -0.4 is 5.73 Å². The molecule has 1 aliphatic carbocycles. The molecule has 19 heavy (non-hydrogen) atoms. The minimum Gasteiger partial charge on any atom is -0.383 e. The van der Waals surface area contributed by atoms with Crippen molar-refractivity contribution in [3.63, 3.8) is 0 Å². The number of nitrogen functional groups attached to an aromatic ring is 1. The first-order chi connectivity index (χ1) is 9.15. The van der Waals surface area contributed by atoms with Crippen LogP contribution in [0.4, 0.5) is 10.2 Å². The predicted molar refractivity (Wildman–Crippen MR) is 69.1 cm³/mol. The van der Waals surface area contributed by atoms with Gasteiger partial charge in [-0.3, -0.25) is 9.69 Å². The summed E-state index contributed by atoms with van der Waals surface area (Å²) in [6.45, 7) is 3.12. The van der Waals surface area contributed by atoms with Crippen LogP contribution in [0, 0.1) is 5.82 Å². The van der Waals surface area contributed by atoms with E-state index in [2.05, 4.69) is 9.88 Å². The van der Waals surface area contributed by atoms with E-state index in [1.54, 1.807) is 4.90 Å². The van der Waals surface area contributed by atoms with Gasteiger partial charge in [-0.25, -0.2) is 9.37 Å². The van der Waals surface area contributed by atoms with E-state index in [1.165, 1.54) is 12.8 Å². The summed E-state index contributed by atoms with van der Waals surface area (Å²) in [5, 5.41) is 0. The molecular formula is C13H17FN4O. The largest absolute Gasteiger partial charge is 0.383 e. The molecule has 3 rings (SSSR count). The second-order valence-corrected chi connectivity index (χ2v) is 5.15. The molecule has 0 aromatic carbocycles. The number of rotatable bonds is 2. The van der Waals surface area contributed by atoms with Gasteiger partial charge in [0.2, 0.25) is 0 Å². The molecule has 2 fully saturated rings. The zero-order chi connectivity index (χ0) is 13.4. The molecule has 2 aliphatic rings.